The van der Waals surface area contributed by atoms with Crippen LogP contribution in [-0.4, -0.2) is 45.5 Å². The van der Waals surface area contributed by atoms with Gasteiger partial charge in [0.25, 0.3) is 0 Å². The Morgan fingerprint density at radius 3 is 2.82 bits per heavy atom. The van der Waals surface area contributed by atoms with E-state index in [1.165, 1.54) is 6.08 Å². The Bertz CT molecular complexity index is 1510. The maximum Gasteiger partial charge on any atom is 0.328 e. The highest BCUT2D eigenvalue weighted by Crippen LogP contribution is 2.42. The van der Waals surface area contributed by atoms with Gasteiger partial charge in [-0.15, -0.1) is 0 Å². The maximum absolute atomic E-state index is 13.7. The number of rotatable bonds is 6. The number of carbonyl (C=O) groups excluding carboxylic acids is 2. The highest BCUT2D eigenvalue weighted by Gasteiger charge is 2.43. The fourth-order valence-electron chi connectivity index (χ4n) is 5.26. The molecule has 9 nitrogen and oxygen atoms in total. The van der Waals surface area contributed by atoms with Crippen LogP contribution in [0.25, 0.3) is 6.08 Å². The lowest BCUT2D eigenvalue weighted by Gasteiger charge is -2.23. The lowest BCUT2D eigenvalue weighted by molar-refractivity contribution is -0.131. The van der Waals surface area contributed by atoms with Gasteiger partial charge in [0.1, 0.15) is 5.82 Å². The first-order chi connectivity index (χ1) is 18.2. The second kappa shape index (κ2) is 9.63. The van der Waals surface area contributed by atoms with Crippen molar-refractivity contribution < 1.29 is 19.5 Å². The van der Waals surface area contributed by atoms with E-state index < -0.39 is 11.9 Å². The van der Waals surface area contributed by atoms with Gasteiger partial charge in [-0.1, -0.05) is 32.0 Å². The third kappa shape index (κ3) is 4.68. The third-order valence-electron chi connectivity index (χ3n) is 7.14. The Morgan fingerprint density at radius 1 is 1.24 bits per heavy atom. The number of aromatic nitrogens is 2. The molecule has 0 aliphatic carbocycles. The van der Waals surface area contributed by atoms with Crippen LogP contribution in [0.15, 0.2) is 60.9 Å². The Labute approximate surface area is 220 Å². The number of carboxylic acids is 1. The number of amides is 2. The van der Waals surface area contributed by atoms with Crippen molar-refractivity contribution in [2.75, 3.05) is 22.9 Å². The van der Waals surface area contributed by atoms with Crippen molar-refractivity contribution in [3.8, 4) is 6.07 Å². The van der Waals surface area contributed by atoms with E-state index in [-0.39, 0.29) is 30.2 Å². The van der Waals surface area contributed by atoms with Crippen molar-refractivity contribution in [3.05, 3.63) is 83.4 Å². The van der Waals surface area contributed by atoms with Crippen molar-refractivity contribution in [2.24, 2.45) is 5.92 Å². The summed E-state index contributed by atoms with van der Waals surface area (Å²) in [6.45, 7) is 5.49. The molecule has 1 aromatic heterocycles. The minimum absolute atomic E-state index is 0.0763. The Balaban J connectivity index is 1.36. The number of benzene rings is 2. The summed E-state index contributed by atoms with van der Waals surface area (Å²) >= 11 is 0. The molecule has 5 rings (SSSR count). The van der Waals surface area contributed by atoms with Crippen LogP contribution in [0.2, 0.25) is 0 Å². The van der Waals surface area contributed by atoms with Crippen molar-refractivity contribution in [1.29, 1.82) is 5.26 Å². The smallest absolute Gasteiger partial charge is 0.328 e. The van der Waals surface area contributed by atoms with Crippen LogP contribution in [-0.2, 0) is 26.3 Å². The molecule has 0 saturated carbocycles. The van der Waals surface area contributed by atoms with Gasteiger partial charge >= 0.3 is 5.97 Å². The molecule has 1 atom stereocenters. The number of anilines is 2. The van der Waals surface area contributed by atoms with E-state index in [1.54, 1.807) is 46.5 Å². The molecule has 1 fully saturated rings. The van der Waals surface area contributed by atoms with Gasteiger partial charge in [0.05, 0.1) is 17.6 Å². The molecule has 0 bridgehead atoms. The van der Waals surface area contributed by atoms with Gasteiger partial charge < -0.3 is 19.5 Å². The summed E-state index contributed by atoms with van der Waals surface area (Å²) in [7, 11) is 0. The molecule has 2 aliphatic heterocycles. The van der Waals surface area contributed by atoms with Crippen LogP contribution in [0.4, 0.5) is 11.4 Å². The molecule has 3 aromatic rings. The van der Waals surface area contributed by atoms with Crippen LogP contribution < -0.4 is 9.80 Å². The SMILES string of the molecule is CC1(C)CN(C(=O)[C@H]2CC(=O)N(c3cccc(C#N)c3)C2)c2ccc(Cn3ccnc3C=CC(=O)O)cc21. The van der Waals surface area contributed by atoms with E-state index in [1.807, 2.05) is 16.7 Å². The number of imidazole rings is 1. The second-order valence-corrected chi connectivity index (χ2v) is 10.3. The Hall–Kier alpha value is -4.71. The summed E-state index contributed by atoms with van der Waals surface area (Å²) in [5, 5.41) is 18.1. The van der Waals surface area contributed by atoms with Crippen LogP contribution in [0.1, 0.15) is 42.8 Å². The summed E-state index contributed by atoms with van der Waals surface area (Å²) in [5.74, 6) is -1.16. The Kier molecular flexibility index (Phi) is 6.33. The van der Waals surface area contributed by atoms with Crippen molar-refractivity contribution >= 4 is 35.2 Å². The number of hydrogen-bond donors (Lipinski definition) is 1. The molecule has 38 heavy (non-hydrogen) atoms. The first-order valence-electron chi connectivity index (χ1n) is 12.3. The third-order valence-corrected chi connectivity index (χ3v) is 7.14. The van der Waals surface area contributed by atoms with Gasteiger partial charge in [-0.25, -0.2) is 9.78 Å². The first-order valence-corrected chi connectivity index (χ1v) is 12.3. The topological polar surface area (TPSA) is 120 Å². The van der Waals surface area contributed by atoms with Crippen LogP contribution in [0.3, 0.4) is 0 Å². The van der Waals surface area contributed by atoms with Crippen LogP contribution in [0.5, 0.6) is 0 Å². The average Bonchev–Trinajstić information content (AvgIpc) is 3.58. The zero-order chi connectivity index (χ0) is 27.0. The largest absolute Gasteiger partial charge is 0.478 e. The lowest BCUT2D eigenvalue weighted by Crippen LogP contribution is -2.39. The van der Waals surface area contributed by atoms with Gasteiger partial charge in [-0.3, -0.25) is 9.59 Å². The molecule has 0 unspecified atom stereocenters. The average molecular weight is 510 g/mol. The summed E-state index contributed by atoms with van der Waals surface area (Å²) in [6.07, 6.45) is 6.08. The monoisotopic (exact) mass is 509 g/mol. The summed E-state index contributed by atoms with van der Waals surface area (Å²) in [6, 6.07) is 15.0. The number of aliphatic carboxylic acids is 1. The molecule has 1 saturated heterocycles. The maximum atomic E-state index is 13.7. The van der Waals surface area contributed by atoms with Gasteiger partial charge in [0.15, 0.2) is 0 Å². The molecular weight excluding hydrogens is 482 g/mol. The van der Waals surface area contributed by atoms with Gasteiger partial charge in [0, 0.05) is 61.3 Å². The fourth-order valence-corrected chi connectivity index (χ4v) is 5.26. The fraction of sp³-hybridized carbons (Fsp3) is 0.276. The zero-order valence-electron chi connectivity index (χ0n) is 21.2. The van der Waals surface area contributed by atoms with Crippen molar-refractivity contribution in [3.63, 3.8) is 0 Å². The molecule has 2 amide bonds. The summed E-state index contributed by atoms with van der Waals surface area (Å²) in [5.41, 5.74) is 3.72. The minimum atomic E-state index is -1.04. The van der Waals surface area contributed by atoms with Crippen LogP contribution in [0, 0.1) is 17.2 Å². The highest BCUT2D eigenvalue weighted by molar-refractivity contribution is 6.05. The number of fused-ring (bicyclic) bond motifs is 1. The first kappa shape index (κ1) is 25.0. The van der Waals surface area contributed by atoms with E-state index in [4.69, 9.17) is 5.11 Å². The van der Waals surface area contributed by atoms with Gasteiger partial charge in [-0.2, -0.15) is 5.26 Å². The molecule has 192 valence electrons. The van der Waals surface area contributed by atoms with Gasteiger partial charge in [0.2, 0.25) is 11.8 Å². The zero-order valence-corrected chi connectivity index (χ0v) is 21.2. The lowest BCUT2D eigenvalue weighted by atomic mass is 9.86. The predicted octanol–water partition coefficient (Wildman–Crippen LogP) is 3.58. The number of carbonyl (C=O) groups is 3. The summed E-state index contributed by atoms with van der Waals surface area (Å²) in [4.78, 5) is 45.0. The minimum Gasteiger partial charge on any atom is -0.478 e. The van der Waals surface area contributed by atoms with Gasteiger partial charge in [-0.05, 0) is 41.5 Å². The molecule has 9 heteroatoms. The van der Waals surface area contributed by atoms with E-state index in [0.717, 1.165) is 22.9 Å². The van der Waals surface area contributed by atoms with Crippen molar-refractivity contribution in [1.82, 2.24) is 9.55 Å². The Morgan fingerprint density at radius 2 is 2.05 bits per heavy atom. The standard InChI is InChI=1S/C29H27N5O4/c1-29(2)18-34(28(38)21-14-26(35)33(17-21)22-5-3-4-19(12-22)15-30)24-7-6-20(13-23(24)29)16-32-11-10-31-25(32)8-9-27(36)37/h3-13,21H,14,16-18H2,1-2H3,(H,36,37)/t21-/m0/s1. The quantitative estimate of drug-likeness (QED) is 0.507. The van der Waals surface area contributed by atoms with E-state index >= 15 is 0 Å². The molecule has 1 N–H and O–H groups in total. The number of nitrogens with zero attached hydrogens (tertiary/aromatic N) is 5. The molecule has 0 radical (unpaired) electrons. The summed E-state index contributed by atoms with van der Waals surface area (Å²) < 4.78 is 1.87. The van der Waals surface area contributed by atoms with E-state index in [2.05, 4.69) is 31.0 Å². The molecule has 0 spiro atoms. The molecular formula is C29H27N5O4. The number of hydrogen-bond acceptors (Lipinski definition) is 5. The second-order valence-electron chi connectivity index (χ2n) is 10.3. The van der Waals surface area contributed by atoms with E-state index in [0.29, 0.717) is 30.2 Å². The van der Waals surface area contributed by atoms with Crippen molar-refractivity contribution in [2.45, 2.75) is 32.2 Å². The molecule has 3 heterocycles. The molecule has 2 aliphatic rings. The normalized spacial score (nSPS) is 18.1. The van der Waals surface area contributed by atoms with E-state index in [9.17, 15) is 19.6 Å². The number of nitriles is 1. The molecule has 2 aromatic carbocycles. The predicted molar refractivity (Wildman–Crippen MR) is 141 cm³/mol. The number of carboxylic acid groups (broad SMARTS) is 1. The van der Waals surface area contributed by atoms with Crippen LogP contribution >= 0.6 is 0 Å². The highest BCUT2D eigenvalue weighted by atomic mass is 16.4.